The minimum atomic E-state index is -4.60. The molecule has 7 nitrogen and oxygen atoms in total. The van der Waals surface area contributed by atoms with Crippen molar-refractivity contribution in [3.63, 3.8) is 0 Å². The number of pyridine rings is 1. The zero-order chi connectivity index (χ0) is 19.5. The Morgan fingerprint density at radius 3 is 2.08 bits per heavy atom. The molecule has 0 saturated carbocycles. The van der Waals surface area contributed by atoms with Crippen LogP contribution in [0.25, 0.3) is 0 Å². The monoisotopic (exact) mass is 391 g/mol. The number of aromatic nitrogens is 1. The summed E-state index contributed by atoms with van der Waals surface area (Å²) in [6.45, 7) is 0. The van der Waals surface area contributed by atoms with E-state index in [1.54, 1.807) is 0 Å². The van der Waals surface area contributed by atoms with Crippen LogP contribution < -0.4 is 9.47 Å². The zero-order valence-electron chi connectivity index (χ0n) is 12.5. The summed E-state index contributed by atoms with van der Waals surface area (Å²) in [5.41, 5.74) is -1.04. The van der Waals surface area contributed by atoms with Crippen molar-refractivity contribution in [2.24, 2.45) is 0 Å². The Morgan fingerprint density at radius 2 is 1.62 bits per heavy atom. The molecule has 0 radical (unpaired) electrons. The maximum Gasteiger partial charge on any atom is 0.417 e. The van der Waals surface area contributed by atoms with Crippen LogP contribution in [0.2, 0.25) is 5.02 Å². The molecule has 0 atom stereocenters. The lowest BCUT2D eigenvalue weighted by atomic mass is 10.3. The molecule has 2 aromatic rings. The number of rotatable bonds is 6. The van der Waals surface area contributed by atoms with Crippen molar-refractivity contribution in [2.75, 3.05) is 0 Å². The summed E-state index contributed by atoms with van der Waals surface area (Å²) in [7, 11) is 0. The van der Waals surface area contributed by atoms with E-state index in [0.29, 0.717) is 12.3 Å². The van der Waals surface area contributed by atoms with Gasteiger partial charge >= 0.3 is 18.1 Å². The standard InChI is InChI=1S/C15H9ClF3NO6/c16-10-5-7(15(17,18)19)6-20-12(10)26-9-3-1-8(2-4-9)25-11(13(21)22)14(23)24/h1-6,11H,(H,21,22)(H,23,24). The number of carboxylic acids is 2. The summed E-state index contributed by atoms with van der Waals surface area (Å²) < 4.78 is 47.7. The summed E-state index contributed by atoms with van der Waals surface area (Å²) in [6, 6.07) is 5.63. The number of carboxylic acid groups (broad SMARTS) is 2. The quantitative estimate of drug-likeness (QED) is 0.726. The molecule has 2 N–H and O–H groups in total. The van der Waals surface area contributed by atoms with Crippen molar-refractivity contribution in [2.45, 2.75) is 12.3 Å². The highest BCUT2D eigenvalue weighted by molar-refractivity contribution is 6.31. The summed E-state index contributed by atoms with van der Waals surface area (Å²) in [5.74, 6) is -3.60. The number of nitrogens with zero attached hydrogens (tertiary/aromatic N) is 1. The van der Waals surface area contributed by atoms with Gasteiger partial charge in [0.05, 0.1) is 5.56 Å². The highest BCUT2D eigenvalue weighted by atomic mass is 35.5. The van der Waals surface area contributed by atoms with Crippen LogP contribution >= 0.6 is 11.6 Å². The average Bonchev–Trinajstić information content (AvgIpc) is 2.54. The molecule has 0 aliphatic carbocycles. The summed E-state index contributed by atoms with van der Waals surface area (Å²) >= 11 is 5.71. The normalized spacial score (nSPS) is 11.3. The van der Waals surface area contributed by atoms with Gasteiger partial charge in [-0.1, -0.05) is 11.6 Å². The molecule has 11 heteroatoms. The third kappa shape index (κ3) is 4.76. The van der Waals surface area contributed by atoms with E-state index in [9.17, 15) is 22.8 Å². The van der Waals surface area contributed by atoms with E-state index in [4.69, 9.17) is 31.3 Å². The first-order chi connectivity index (χ1) is 12.1. The van der Waals surface area contributed by atoms with Crippen LogP contribution in [0.4, 0.5) is 13.2 Å². The first-order valence-corrected chi connectivity index (χ1v) is 7.08. The Bertz CT molecular complexity index is 811. The van der Waals surface area contributed by atoms with Gasteiger partial charge in [0.25, 0.3) is 6.10 Å². The third-order valence-corrected chi connectivity index (χ3v) is 3.15. The van der Waals surface area contributed by atoms with Crippen LogP contribution in [-0.2, 0) is 15.8 Å². The molecule has 1 heterocycles. The van der Waals surface area contributed by atoms with E-state index in [1.165, 1.54) is 24.3 Å². The Labute approximate surface area is 148 Å². The number of hydrogen-bond donors (Lipinski definition) is 2. The third-order valence-electron chi connectivity index (χ3n) is 2.88. The summed E-state index contributed by atoms with van der Waals surface area (Å²) in [4.78, 5) is 25.0. The molecule has 0 bridgehead atoms. The molecule has 0 aliphatic heterocycles. The van der Waals surface area contributed by atoms with Gasteiger partial charge in [-0.3, -0.25) is 0 Å². The van der Waals surface area contributed by atoms with Gasteiger partial charge < -0.3 is 19.7 Å². The van der Waals surface area contributed by atoms with Gasteiger partial charge in [-0.15, -0.1) is 0 Å². The zero-order valence-corrected chi connectivity index (χ0v) is 13.3. The summed E-state index contributed by atoms with van der Waals surface area (Å²) in [5, 5.41) is 17.1. The number of benzene rings is 1. The topological polar surface area (TPSA) is 106 Å². The smallest absolute Gasteiger partial charge is 0.417 e. The Balaban J connectivity index is 2.12. The molecule has 2 rings (SSSR count). The number of carbonyl (C=O) groups is 2. The highest BCUT2D eigenvalue weighted by Crippen LogP contribution is 2.34. The molecule has 1 aromatic carbocycles. The van der Waals surface area contributed by atoms with Crippen molar-refractivity contribution in [1.29, 1.82) is 0 Å². The predicted molar refractivity (Wildman–Crippen MR) is 80.5 cm³/mol. The number of aliphatic carboxylic acids is 2. The first kappa shape index (κ1) is 19.3. The molecule has 138 valence electrons. The molecule has 0 unspecified atom stereocenters. The Hall–Kier alpha value is -3.01. The van der Waals surface area contributed by atoms with E-state index >= 15 is 0 Å². The molecule has 0 fully saturated rings. The Morgan fingerprint density at radius 1 is 1.08 bits per heavy atom. The van der Waals surface area contributed by atoms with Crippen molar-refractivity contribution in [1.82, 2.24) is 4.98 Å². The maximum absolute atomic E-state index is 12.6. The van der Waals surface area contributed by atoms with Crippen molar-refractivity contribution < 1.29 is 42.4 Å². The van der Waals surface area contributed by atoms with Gasteiger partial charge in [0, 0.05) is 6.20 Å². The number of halogens is 4. The van der Waals surface area contributed by atoms with Crippen LogP contribution in [0, 0.1) is 0 Å². The second-order valence-corrected chi connectivity index (χ2v) is 5.16. The molecule has 26 heavy (non-hydrogen) atoms. The predicted octanol–water partition coefficient (Wildman–Crippen LogP) is 3.46. The maximum atomic E-state index is 12.6. The lowest BCUT2D eigenvalue weighted by Crippen LogP contribution is -2.35. The van der Waals surface area contributed by atoms with Gasteiger partial charge in [0.2, 0.25) is 5.88 Å². The van der Waals surface area contributed by atoms with Crippen LogP contribution in [0.5, 0.6) is 17.4 Å². The van der Waals surface area contributed by atoms with Crippen molar-refractivity contribution >= 4 is 23.5 Å². The number of alkyl halides is 3. The van der Waals surface area contributed by atoms with Crippen LogP contribution in [0.3, 0.4) is 0 Å². The largest absolute Gasteiger partial charge is 0.478 e. The molecule has 0 amide bonds. The van der Waals surface area contributed by atoms with Gasteiger partial charge in [0.1, 0.15) is 16.5 Å². The van der Waals surface area contributed by atoms with Gasteiger partial charge in [-0.2, -0.15) is 13.2 Å². The van der Waals surface area contributed by atoms with E-state index < -0.39 is 29.8 Å². The fourth-order valence-corrected chi connectivity index (χ4v) is 1.90. The summed E-state index contributed by atoms with van der Waals surface area (Å²) in [6.07, 6.45) is -6.13. The molecule has 0 spiro atoms. The van der Waals surface area contributed by atoms with Crippen LogP contribution in [0.1, 0.15) is 5.56 Å². The van der Waals surface area contributed by atoms with E-state index in [2.05, 4.69) is 4.98 Å². The Kier molecular flexibility index (Phi) is 5.56. The molecule has 0 aliphatic rings. The molecular weight excluding hydrogens is 383 g/mol. The lowest BCUT2D eigenvalue weighted by molar-refractivity contribution is -0.159. The molecular formula is C15H9ClF3NO6. The van der Waals surface area contributed by atoms with Gasteiger partial charge in [-0.05, 0) is 30.3 Å². The first-order valence-electron chi connectivity index (χ1n) is 6.71. The van der Waals surface area contributed by atoms with E-state index in [0.717, 1.165) is 0 Å². The average molecular weight is 392 g/mol. The lowest BCUT2D eigenvalue weighted by Gasteiger charge is -2.12. The van der Waals surface area contributed by atoms with E-state index in [1.807, 2.05) is 0 Å². The molecule has 1 aromatic heterocycles. The second-order valence-electron chi connectivity index (χ2n) is 4.76. The fraction of sp³-hybridized carbons (Fsp3) is 0.133. The minimum absolute atomic E-state index is 0.0707. The van der Waals surface area contributed by atoms with Crippen LogP contribution in [0.15, 0.2) is 36.5 Å². The van der Waals surface area contributed by atoms with Crippen LogP contribution in [-0.4, -0.2) is 33.2 Å². The SMILES string of the molecule is O=C(O)C(Oc1ccc(Oc2ncc(C(F)(F)F)cc2Cl)cc1)C(=O)O. The fourth-order valence-electron chi connectivity index (χ4n) is 1.70. The number of hydrogen-bond acceptors (Lipinski definition) is 5. The second kappa shape index (κ2) is 7.48. The van der Waals surface area contributed by atoms with Crippen molar-refractivity contribution in [3.8, 4) is 17.4 Å². The van der Waals surface area contributed by atoms with Crippen molar-refractivity contribution in [3.05, 3.63) is 47.1 Å². The molecule has 0 saturated heterocycles. The number of ether oxygens (including phenoxy) is 2. The van der Waals surface area contributed by atoms with Gasteiger partial charge in [-0.25, -0.2) is 14.6 Å². The highest BCUT2D eigenvalue weighted by Gasteiger charge is 2.32. The van der Waals surface area contributed by atoms with E-state index in [-0.39, 0.29) is 22.4 Å². The van der Waals surface area contributed by atoms with Gasteiger partial charge in [0.15, 0.2) is 0 Å². The minimum Gasteiger partial charge on any atom is -0.478 e.